The number of hydrogen-bond donors (Lipinski definition) is 1. The van der Waals surface area contributed by atoms with E-state index in [1.807, 2.05) is 25.7 Å². The lowest BCUT2D eigenvalue weighted by Gasteiger charge is -2.51. The van der Waals surface area contributed by atoms with E-state index >= 15 is 4.39 Å². The van der Waals surface area contributed by atoms with Crippen molar-refractivity contribution in [3.05, 3.63) is 58.3 Å². The van der Waals surface area contributed by atoms with E-state index in [2.05, 4.69) is 0 Å². The van der Waals surface area contributed by atoms with Crippen molar-refractivity contribution in [2.75, 3.05) is 39.3 Å². The Morgan fingerprint density at radius 2 is 1.65 bits per heavy atom. The van der Waals surface area contributed by atoms with Crippen LogP contribution in [0.2, 0.25) is 0 Å². The Bertz CT molecular complexity index is 1590. The van der Waals surface area contributed by atoms with Gasteiger partial charge in [-0.05, 0) is 45.6 Å². The summed E-state index contributed by atoms with van der Waals surface area (Å²) in [6.45, 7) is 12.8. The number of hydrogen-bond acceptors (Lipinski definition) is 6. The van der Waals surface area contributed by atoms with Gasteiger partial charge in [0.25, 0.3) is 11.5 Å². The smallest absolute Gasteiger partial charge is 0.410 e. The largest absolute Gasteiger partial charge is 0.444 e. The van der Waals surface area contributed by atoms with E-state index in [9.17, 15) is 24.3 Å². The maximum Gasteiger partial charge on any atom is 0.410 e. The quantitative estimate of drug-likeness (QED) is 0.437. The van der Waals surface area contributed by atoms with E-state index in [0.29, 0.717) is 19.0 Å². The maximum absolute atomic E-state index is 15.1. The number of carbonyl (C=O) groups excluding carboxylic acids is 3. The van der Waals surface area contributed by atoms with Crippen LogP contribution in [-0.2, 0) is 16.1 Å². The molecule has 0 radical (unpaired) electrons. The van der Waals surface area contributed by atoms with Crippen molar-refractivity contribution < 1.29 is 28.6 Å². The Labute approximate surface area is 282 Å². The minimum Gasteiger partial charge on any atom is -0.444 e. The average Bonchev–Trinajstić information content (AvgIpc) is 3.00. The molecule has 2 aromatic rings. The fourth-order valence-corrected chi connectivity index (χ4v) is 7.12. The number of piperazine rings is 1. The predicted octanol–water partition coefficient (Wildman–Crippen LogP) is 5.16. The predicted molar refractivity (Wildman–Crippen MR) is 181 cm³/mol. The summed E-state index contributed by atoms with van der Waals surface area (Å²) in [6.07, 6.45) is 5.72. The number of halogens is 1. The molecule has 1 aromatic carbocycles. The number of ether oxygens (including phenoxy) is 1. The van der Waals surface area contributed by atoms with Crippen molar-refractivity contribution >= 4 is 17.9 Å². The van der Waals surface area contributed by atoms with Gasteiger partial charge in [0.1, 0.15) is 11.4 Å². The minimum absolute atomic E-state index is 0.0783. The summed E-state index contributed by atoms with van der Waals surface area (Å²) >= 11 is 0. The second-order valence-corrected chi connectivity index (χ2v) is 15.7. The number of pyridine rings is 1. The molecule has 2 saturated heterocycles. The number of amides is 3. The Balaban J connectivity index is 1.38. The van der Waals surface area contributed by atoms with Crippen LogP contribution in [0.5, 0.6) is 0 Å². The molecule has 11 heteroatoms. The first-order valence-electron chi connectivity index (χ1n) is 17.3. The molecule has 5 rings (SSSR count). The van der Waals surface area contributed by atoms with Gasteiger partial charge in [0, 0.05) is 74.0 Å². The lowest BCUT2D eigenvalue weighted by atomic mass is 9.69. The van der Waals surface area contributed by atoms with E-state index in [1.54, 1.807) is 42.7 Å². The molecular weight excluding hydrogens is 615 g/mol. The van der Waals surface area contributed by atoms with Crippen LogP contribution in [0.3, 0.4) is 0 Å². The molecule has 2 unspecified atom stereocenters. The summed E-state index contributed by atoms with van der Waals surface area (Å²) in [4.78, 5) is 58.7. The zero-order chi connectivity index (χ0) is 35.0. The highest BCUT2D eigenvalue weighted by atomic mass is 19.1. The highest BCUT2D eigenvalue weighted by molar-refractivity contribution is 6.00. The van der Waals surface area contributed by atoms with Crippen molar-refractivity contribution in [1.82, 2.24) is 19.3 Å². The number of rotatable bonds is 7. The summed E-state index contributed by atoms with van der Waals surface area (Å²) in [5.74, 6) is -0.336. The van der Waals surface area contributed by atoms with Gasteiger partial charge in [-0.1, -0.05) is 58.2 Å². The Hall–Kier alpha value is -3.73. The van der Waals surface area contributed by atoms with Crippen LogP contribution in [0.25, 0.3) is 11.1 Å². The van der Waals surface area contributed by atoms with E-state index in [1.165, 1.54) is 48.2 Å². The Morgan fingerprint density at radius 1 is 1.00 bits per heavy atom. The fraction of sp³-hybridized carbons (Fsp3) is 0.622. The van der Waals surface area contributed by atoms with Crippen molar-refractivity contribution in [1.29, 1.82) is 0 Å². The minimum atomic E-state index is -1.36. The van der Waals surface area contributed by atoms with Crippen LogP contribution in [0, 0.1) is 23.1 Å². The van der Waals surface area contributed by atoms with E-state index < -0.39 is 40.0 Å². The number of piperidine rings is 1. The Morgan fingerprint density at radius 3 is 2.23 bits per heavy atom. The molecule has 1 saturated carbocycles. The third-order valence-electron chi connectivity index (χ3n) is 10.5. The second-order valence-electron chi connectivity index (χ2n) is 15.7. The summed E-state index contributed by atoms with van der Waals surface area (Å²) in [6, 6.07) is 7.26. The van der Waals surface area contributed by atoms with Gasteiger partial charge in [-0.15, -0.1) is 0 Å². The SMILES string of the molecule is CC(CC1CCC1)C(=O)N1CCC(O)(Cn2cc(C(=O)N3CCN(C(=O)OC(C)(C)C)CC3)c(-c3ccccc3F)cc2=O)C(C)(C)C1. The zero-order valence-corrected chi connectivity index (χ0v) is 29.3. The van der Waals surface area contributed by atoms with E-state index in [4.69, 9.17) is 4.74 Å². The Kier molecular flexibility index (Phi) is 10.1. The number of nitrogens with zero attached hydrogens (tertiary/aromatic N) is 4. The maximum atomic E-state index is 15.1. The van der Waals surface area contributed by atoms with Gasteiger partial charge in [0.15, 0.2) is 0 Å². The molecule has 0 bridgehead atoms. The number of aliphatic hydroxyl groups is 1. The molecule has 1 aromatic heterocycles. The van der Waals surface area contributed by atoms with Crippen LogP contribution in [0.15, 0.2) is 41.3 Å². The van der Waals surface area contributed by atoms with Crippen LogP contribution < -0.4 is 5.56 Å². The normalized spacial score (nSPS) is 22.2. The van der Waals surface area contributed by atoms with Gasteiger partial charge < -0.3 is 29.1 Å². The highest BCUT2D eigenvalue weighted by Crippen LogP contribution is 2.41. The van der Waals surface area contributed by atoms with Crippen molar-refractivity contribution in [2.24, 2.45) is 17.3 Å². The highest BCUT2D eigenvalue weighted by Gasteiger charge is 2.49. The monoisotopic (exact) mass is 666 g/mol. The lowest BCUT2D eigenvalue weighted by molar-refractivity contribution is -0.157. The first-order chi connectivity index (χ1) is 22.5. The molecule has 2 atom stereocenters. The van der Waals surface area contributed by atoms with Crippen LogP contribution in [0.1, 0.15) is 84.0 Å². The first kappa shape index (κ1) is 35.6. The number of aromatic nitrogens is 1. The van der Waals surface area contributed by atoms with Gasteiger partial charge in [0.2, 0.25) is 5.91 Å². The average molecular weight is 667 g/mol. The molecule has 2 aliphatic heterocycles. The van der Waals surface area contributed by atoms with Crippen LogP contribution in [-0.4, -0.2) is 92.8 Å². The summed E-state index contributed by atoms with van der Waals surface area (Å²) in [5.41, 5.74) is -2.82. The lowest BCUT2D eigenvalue weighted by Crippen LogP contribution is -2.61. The van der Waals surface area contributed by atoms with Gasteiger partial charge in [-0.3, -0.25) is 14.4 Å². The topological polar surface area (TPSA) is 112 Å². The van der Waals surface area contributed by atoms with Crippen LogP contribution in [0.4, 0.5) is 9.18 Å². The standard InChI is InChI=1S/C37H51FN4O6/c1-25(20-26-10-9-11-26)32(44)41-15-14-37(47,36(5,6)23-41)24-42-22-29(28(21-31(42)43)27-12-7-8-13-30(27)38)33(45)39-16-18-40(19-17-39)34(46)48-35(2,3)4/h7-8,12-13,21-22,25-26,47H,9-11,14-20,23-24H2,1-6H3. The van der Waals surface area contributed by atoms with Crippen molar-refractivity contribution in [2.45, 2.75) is 91.4 Å². The number of carbonyl (C=O) groups is 3. The number of likely N-dealkylation sites (tertiary alicyclic amines) is 1. The van der Waals surface area contributed by atoms with Crippen molar-refractivity contribution in [3.8, 4) is 11.1 Å². The van der Waals surface area contributed by atoms with Crippen molar-refractivity contribution in [3.63, 3.8) is 0 Å². The van der Waals surface area contributed by atoms with Gasteiger partial charge in [-0.2, -0.15) is 0 Å². The molecule has 3 heterocycles. The van der Waals surface area contributed by atoms with Gasteiger partial charge in [0.05, 0.1) is 17.7 Å². The molecule has 3 fully saturated rings. The third kappa shape index (κ3) is 7.61. The molecule has 1 aliphatic carbocycles. The molecule has 3 amide bonds. The zero-order valence-electron chi connectivity index (χ0n) is 29.3. The molecule has 262 valence electrons. The molecule has 3 aliphatic rings. The summed E-state index contributed by atoms with van der Waals surface area (Å²) in [5, 5.41) is 12.1. The van der Waals surface area contributed by atoms with E-state index in [-0.39, 0.29) is 67.7 Å². The second kappa shape index (κ2) is 13.6. The molecule has 48 heavy (non-hydrogen) atoms. The first-order valence-corrected chi connectivity index (χ1v) is 17.3. The molecular formula is C37H51FN4O6. The summed E-state index contributed by atoms with van der Waals surface area (Å²) < 4.78 is 21.9. The molecule has 0 spiro atoms. The molecule has 10 nitrogen and oxygen atoms in total. The summed E-state index contributed by atoms with van der Waals surface area (Å²) in [7, 11) is 0. The number of benzene rings is 1. The third-order valence-corrected chi connectivity index (χ3v) is 10.5. The molecule has 1 N–H and O–H groups in total. The van der Waals surface area contributed by atoms with E-state index in [0.717, 1.165) is 6.42 Å². The fourth-order valence-electron chi connectivity index (χ4n) is 7.12. The van der Waals surface area contributed by atoms with Crippen LogP contribution >= 0.6 is 0 Å². The van der Waals surface area contributed by atoms with Gasteiger partial charge in [-0.25, -0.2) is 9.18 Å². The van der Waals surface area contributed by atoms with Gasteiger partial charge >= 0.3 is 6.09 Å².